The van der Waals surface area contributed by atoms with Gasteiger partial charge in [0.05, 0.1) is 6.42 Å². The van der Waals surface area contributed by atoms with Crippen molar-refractivity contribution in [2.45, 2.75) is 32.2 Å². The summed E-state index contributed by atoms with van der Waals surface area (Å²) in [4.78, 5) is 14.3. The van der Waals surface area contributed by atoms with Crippen LogP contribution in [0.25, 0.3) is 0 Å². The average Bonchev–Trinajstić information content (AvgIpc) is 2.39. The molecule has 104 valence electrons. The molecule has 1 aliphatic heterocycles. The van der Waals surface area contributed by atoms with Crippen LogP contribution in [0.3, 0.4) is 0 Å². The SMILES string of the molecule is CC(N)C1CCCN(C(=O)Cc2cccc(Br)c2)C1. The van der Waals surface area contributed by atoms with Gasteiger partial charge in [0, 0.05) is 23.6 Å². The van der Waals surface area contributed by atoms with Crippen LogP contribution >= 0.6 is 15.9 Å². The minimum absolute atomic E-state index is 0.168. The Bertz CT molecular complexity index is 448. The van der Waals surface area contributed by atoms with E-state index in [1.807, 2.05) is 36.1 Å². The highest BCUT2D eigenvalue weighted by Crippen LogP contribution is 2.20. The summed E-state index contributed by atoms with van der Waals surface area (Å²) < 4.78 is 1.02. The van der Waals surface area contributed by atoms with Crippen LogP contribution in [-0.4, -0.2) is 29.9 Å². The van der Waals surface area contributed by atoms with Gasteiger partial charge in [-0.3, -0.25) is 4.79 Å². The summed E-state index contributed by atoms with van der Waals surface area (Å²) >= 11 is 3.44. The third-order valence-corrected chi connectivity index (χ3v) is 4.29. The second kappa shape index (κ2) is 6.53. The molecule has 0 spiro atoms. The minimum atomic E-state index is 0.168. The number of nitrogens with zero attached hydrogens (tertiary/aromatic N) is 1. The Morgan fingerprint density at radius 3 is 3.05 bits per heavy atom. The lowest BCUT2D eigenvalue weighted by atomic mass is 9.92. The van der Waals surface area contributed by atoms with Crippen molar-refractivity contribution < 1.29 is 4.79 Å². The highest BCUT2D eigenvalue weighted by Gasteiger charge is 2.25. The lowest BCUT2D eigenvalue weighted by Gasteiger charge is -2.34. The molecule has 2 unspecified atom stereocenters. The molecule has 1 saturated heterocycles. The minimum Gasteiger partial charge on any atom is -0.342 e. The standard InChI is InChI=1S/C15H21BrN2O/c1-11(17)13-5-3-7-18(10-13)15(19)9-12-4-2-6-14(16)8-12/h2,4,6,8,11,13H,3,5,7,9-10,17H2,1H3. The molecular weight excluding hydrogens is 304 g/mol. The Kier molecular flexibility index (Phi) is 4.99. The first-order chi connectivity index (χ1) is 9.06. The zero-order valence-electron chi connectivity index (χ0n) is 11.3. The molecule has 2 atom stereocenters. The number of benzene rings is 1. The van der Waals surface area contributed by atoms with Gasteiger partial charge >= 0.3 is 0 Å². The first-order valence-corrected chi connectivity index (χ1v) is 7.63. The molecule has 0 saturated carbocycles. The molecule has 1 fully saturated rings. The molecule has 0 bridgehead atoms. The summed E-state index contributed by atoms with van der Waals surface area (Å²) in [7, 11) is 0. The van der Waals surface area contributed by atoms with Crippen molar-refractivity contribution in [1.82, 2.24) is 4.90 Å². The Morgan fingerprint density at radius 1 is 1.58 bits per heavy atom. The number of rotatable bonds is 3. The van der Waals surface area contributed by atoms with Crippen molar-refractivity contribution in [3.63, 3.8) is 0 Å². The molecule has 0 radical (unpaired) electrons. The van der Waals surface area contributed by atoms with Crippen LogP contribution in [0.15, 0.2) is 28.7 Å². The zero-order valence-corrected chi connectivity index (χ0v) is 12.9. The van der Waals surface area contributed by atoms with Crippen LogP contribution in [0.1, 0.15) is 25.3 Å². The second-order valence-corrected chi connectivity index (χ2v) is 6.32. The monoisotopic (exact) mass is 324 g/mol. The summed E-state index contributed by atoms with van der Waals surface area (Å²) in [6.07, 6.45) is 2.68. The third-order valence-electron chi connectivity index (χ3n) is 3.80. The maximum Gasteiger partial charge on any atom is 0.227 e. The highest BCUT2D eigenvalue weighted by atomic mass is 79.9. The number of hydrogen-bond acceptors (Lipinski definition) is 2. The van der Waals surface area contributed by atoms with Crippen molar-refractivity contribution in [1.29, 1.82) is 0 Å². The Hall–Kier alpha value is -0.870. The normalized spacial score (nSPS) is 21.2. The van der Waals surface area contributed by atoms with E-state index in [4.69, 9.17) is 5.73 Å². The molecule has 1 amide bonds. The lowest BCUT2D eigenvalue weighted by Crippen LogP contribution is -2.45. The first-order valence-electron chi connectivity index (χ1n) is 6.84. The molecule has 19 heavy (non-hydrogen) atoms. The van der Waals surface area contributed by atoms with Gasteiger partial charge in [-0.2, -0.15) is 0 Å². The largest absolute Gasteiger partial charge is 0.342 e. The number of carbonyl (C=O) groups excluding carboxylic acids is 1. The molecule has 1 aliphatic rings. The van der Waals surface area contributed by atoms with Gasteiger partial charge in [0.1, 0.15) is 0 Å². The quantitative estimate of drug-likeness (QED) is 0.928. The molecule has 0 aromatic heterocycles. The van der Waals surface area contributed by atoms with E-state index in [2.05, 4.69) is 15.9 Å². The van der Waals surface area contributed by atoms with Gasteiger partial charge < -0.3 is 10.6 Å². The van der Waals surface area contributed by atoms with E-state index in [0.717, 1.165) is 36.0 Å². The van der Waals surface area contributed by atoms with Crippen molar-refractivity contribution in [2.24, 2.45) is 11.7 Å². The molecule has 1 aromatic rings. The molecular formula is C15H21BrN2O. The lowest BCUT2D eigenvalue weighted by molar-refractivity contribution is -0.132. The van der Waals surface area contributed by atoms with Crippen molar-refractivity contribution in [3.05, 3.63) is 34.3 Å². The predicted molar refractivity (Wildman–Crippen MR) is 80.8 cm³/mol. The van der Waals surface area contributed by atoms with Gasteiger partial charge in [-0.1, -0.05) is 28.1 Å². The molecule has 0 aliphatic carbocycles. The van der Waals surface area contributed by atoms with Crippen LogP contribution in [0.4, 0.5) is 0 Å². The van der Waals surface area contributed by atoms with E-state index in [-0.39, 0.29) is 11.9 Å². The van der Waals surface area contributed by atoms with Crippen molar-refractivity contribution in [2.75, 3.05) is 13.1 Å². The summed E-state index contributed by atoms with van der Waals surface area (Å²) in [6.45, 7) is 3.72. The van der Waals surface area contributed by atoms with E-state index < -0.39 is 0 Å². The topological polar surface area (TPSA) is 46.3 Å². The van der Waals surface area contributed by atoms with E-state index in [1.165, 1.54) is 0 Å². The fourth-order valence-electron chi connectivity index (χ4n) is 2.60. The number of nitrogens with two attached hydrogens (primary N) is 1. The first kappa shape index (κ1) is 14.5. The van der Waals surface area contributed by atoms with Crippen LogP contribution in [0.5, 0.6) is 0 Å². The van der Waals surface area contributed by atoms with Gasteiger partial charge in [0.15, 0.2) is 0 Å². The number of halogens is 1. The second-order valence-electron chi connectivity index (χ2n) is 5.41. The Morgan fingerprint density at radius 2 is 2.37 bits per heavy atom. The summed E-state index contributed by atoms with van der Waals surface area (Å²) in [5.41, 5.74) is 7.02. The van der Waals surface area contributed by atoms with Crippen LogP contribution in [-0.2, 0) is 11.2 Å². The highest BCUT2D eigenvalue weighted by molar-refractivity contribution is 9.10. The molecule has 2 N–H and O–H groups in total. The number of piperidine rings is 1. The van der Waals surface area contributed by atoms with Gasteiger partial charge in [-0.25, -0.2) is 0 Å². The number of amides is 1. The third kappa shape index (κ3) is 4.05. The molecule has 3 nitrogen and oxygen atoms in total. The summed E-state index contributed by atoms with van der Waals surface area (Å²) in [5.74, 6) is 0.656. The van der Waals surface area contributed by atoms with E-state index >= 15 is 0 Å². The average molecular weight is 325 g/mol. The number of likely N-dealkylation sites (tertiary alicyclic amines) is 1. The van der Waals surface area contributed by atoms with Crippen LogP contribution in [0, 0.1) is 5.92 Å². The summed E-state index contributed by atoms with van der Waals surface area (Å²) in [6, 6.07) is 8.11. The Labute approximate surface area is 123 Å². The van der Waals surface area contributed by atoms with Crippen molar-refractivity contribution in [3.8, 4) is 0 Å². The number of hydrogen-bond donors (Lipinski definition) is 1. The van der Waals surface area contributed by atoms with Gasteiger partial charge in [0.2, 0.25) is 5.91 Å². The maximum atomic E-state index is 12.3. The Balaban J connectivity index is 1.96. The van der Waals surface area contributed by atoms with E-state index in [0.29, 0.717) is 12.3 Å². The molecule has 1 heterocycles. The van der Waals surface area contributed by atoms with Gasteiger partial charge in [0.25, 0.3) is 0 Å². The maximum absolute atomic E-state index is 12.3. The van der Waals surface area contributed by atoms with Gasteiger partial charge in [-0.15, -0.1) is 0 Å². The van der Waals surface area contributed by atoms with Crippen LogP contribution in [0.2, 0.25) is 0 Å². The smallest absolute Gasteiger partial charge is 0.227 e. The fraction of sp³-hybridized carbons (Fsp3) is 0.533. The molecule has 2 rings (SSSR count). The zero-order chi connectivity index (χ0) is 13.8. The summed E-state index contributed by atoms with van der Waals surface area (Å²) in [5, 5.41) is 0. The van der Waals surface area contributed by atoms with Gasteiger partial charge in [-0.05, 0) is 43.4 Å². The van der Waals surface area contributed by atoms with E-state index in [9.17, 15) is 4.79 Å². The predicted octanol–water partition coefficient (Wildman–Crippen LogP) is 2.58. The number of carbonyl (C=O) groups is 1. The fourth-order valence-corrected chi connectivity index (χ4v) is 3.05. The van der Waals surface area contributed by atoms with Crippen LogP contribution < -0.4 is 5.73 Å². The van der Waals surface area contributed by atoms with Crippen molar-refractivity contribution >= 4 is 21.8 Å². The molecule has 1 aromatic carbocycles. The molecule has 4 heteroatoms. The van der Waals surface area contributed by atoms with E-state index in [1.54, 1.807) is 0 Å².